The van der Waals surface area contributed by atoms with Gasteiger partial charge in [0, 0.05) is 11.8 Å². The molecule has 2 heterocycles. The van der Waals surface area contributed by atoms with Crippen LogP contribution in [0.15, 0.2) is 0 Å². The van der Waals surface area contributed by atoms with E-state index in [9.17, 15) is 10.2 Å². The van der Waals surface area contributed by atoms with E-state index >= 15 is 0 Å². The van der Waals surface area contributed by atoms with Crippen LogP contribution in [0.1, 0.15) is 38.5 Å². The van der Waals surface area contributed by atoms with Crippen molar-refractivity contribution in [3.05, 3.63) is 0 Å². The summed E-state index contributed by atoms with van der Waals surface area (Å²) in [5.41, 5.74) is 0. The van der Waals surface area contributed by atoms with Gasteiger partial charge in [-0.25, -0.2) is 0 Å². The highest BCUT2D eigenvalue weighted by Crippen LogP contribution is 2.72. The molecule has 0 bridgehead atoms. The molecule has 7 rings (SSSR count). The minimum atomic E-state index is -0.684. The third-order valence-electron chi connectivity index (χ3n) is 9.79. The van der Waals surface area contributed by atoms with Gasteiger partial charge >= 0.3 is 0 Å². The molecule has 0 aromatic heterocycles. The summed E-state index contributed by atoms with van der Waals surface area (Å²) in [4.78, 5) is 0. The molecule has 0 aromatic carbocycles. The lowest BCUT2D eigenvalue weighted by Gasteiger charge is -2.58. The Hall–Kier alpha value is -0.160. The van der Waals surface area contributed by atoms with Crippen molar-refractivity contribution in [3.8, 4) is 0 Å². The zero-order chi connectivity index (χ0) is 15.7. The Morgan fingerprint density at radius 3 is 1.46 bits per heavy atom. The molecule has 4 heteroatoms. The van der Waals surface area contributed by atoms with Gasteiger partial charge in [0.1, 0.15) is 0 Å². The average Bonchev–Trinajstić information content (AvgIpc) is 3.27. The Morgan fingerprint density at radius 2 is 1.00 bits per heavy atom. The van der Waals surface area contributed by atoms with Gasteiger partial charge in [0.25, 0.3) is 0 Å². The van der Waals surface area contributed by atoms with Gasteiger partial charge in [-0.1, -0.05) is 0 Å². The minimum absolute atomic E-state index is 0.107. The molecular formula is C20H28O4. The molecule has 5 aliphatic carbocycles. The van der Waals surface area contributed by atoms with Crippen LogP contribution in [0.5, 0.6) is 0 Å². The van der Waals surface area contributed by atoms with E-state index in [1.54, 1.807) is 0 Å². The topological polar surface area (TPSA) is 58.9 Å². The van der Waals surface area contributed by atoms with Crippen molar-refractivity contribution in [2.75, 3.05) is 0 Å². The average molecular weight is 332 g/mol. The summed E-state index contributed by atoms with van der Waals surface area (Å²) in [6.45, 7) is 0. The fourth-order valence-corrected chi connectivity index (χ4v) is 9.53. The predicted octanol–water partition coefficient (Wildman–Crippen LogP) is 1.99. The van der Waals surface area contributed by atoms with E-state index in [-0.39, 0.29) is 24.0 Å². The second kappa shape index (κ2) is 4.39. The Morgan fingerprint density at radius 1 is 0.542 bits per heavy atom. The van der Waals surface area contributed by atoms with Crippen molar-refractivity contribution in [1.82, 2.24) is 0 Å². The minimum Gasteiger partial charge on any atom is -0.368 e. The summed E-state index contributed by atoms with van der Waals surface area (Å²) in [6.07, 6.45) is 6.78. The second-order valence-corrected chi connectivity index (χ2v) is 10.1. The van der Waals surface area contributed by atoms with Crippen LogP contribution < -0.4 is 0 Å². The maximum Gasteiger partial charge on any atom is 0.158 e. The van der Waals surface area contributed by atoms with E-state index in [0.29, 0.717) is 23.7 Å². The number of aliphatic hydroxyl groups is 2. The van der Waals surface area contributed by atoms with Crippen molar-refractivity contribution in [2.24, 2.45) is 59.2 Å². The van der Waals surface area contributed by atoms with Crippen molar-refractivity contribution < 1.29 is 19.7 Å². The molecule has 2 saturated heterocycles. The molecule has 14 atom stereocenters. The molecule has 2 N–H and O–H groups in total. The smallest absolute Gasteiger partial charge is 0.158 e. The van der Waals surface area contributed by atoms with E-state index in [0.717, 1.165) is 36.5 Å². The van der Waals surface area contributed by atoms with E-state index in [1.165, 1.54) is 25.7 Å². The first-order valence-electron chi connectivity index (χ1n) is 10.4. The molecule has 5 saturated carbocycles. The van der Waals surface area contributed by atoms with Gasteiger partial charge < -0.3 is 19.7 Å². The third kappa shape index (κ3) is 1.42. The van der Waals surface area contributed by atoms with Gasteiger partial charge in [-0.3, -0.25) is 0 Å². The first kappa shape index (κ1) is 14.0. The standard InChI is InChI=1S/C20H28O4/c21-19-17-15-9(5-7-1-3-11(23-19)13(7)15)10-6-8-2-4-12-14(8)16(10)18(17)20(22)24-12/h7-22H,1-6H2/t7-,8-,9-,10+,11-,12-,13+,14+,15+,16-,17-,18+,19-,20-/m1/s1. The monoisotopic (exact) mass is 332 g/mol. The van der Waals surface area contributed by atoms with Crippen molar-refractivity contribution in [2.45, 2.75) is 63.3 Å². The highest BCUT2D eigenvalue weighted by molar-refractivity contribution is 5.16. The summed E-state index contributed by atoms with van der Waals surface area (Å²) in [5.74, 6) is 5.85. The molecule has 0 aromatic rings. The van der Waals surface area contributed by atoms with E-state index < -0.39 is 12.6 Å². The first-order chi connectivity index (χ1) is 11.7. The van der Waals surface area contributed by atoms with E-state index in [2.05, 4.69) is 0 Å². The summed E-state index contributed by atoms with van der Waals surface area (Å²) >= 11 is 0. The molecule has 7 fully saturated rings. The fraction of sp³-hybridized carbons (Fsp3) is 1.00. The van der Waals surface area contributed by atoms with Gasteiger partial charge in [0.15, 0.2) is 12.6 Å². The number of ether oxygens (including phenoxy) is 2. The van der Waals surface area contributed by atoms with Crippen LogP contribution in [-0.2, 0) is 9.47 Å². The molecule has 132 valence electrons. The number of hydrogen-bond acceptors (Lipinski definition) is 4. The number of rotatable bonds is 0. The quantitative estimate of drug-likeness (QED) is 0.712. The van der Waals surface area contributed by atoms with Crippen LogP contribution in [-0.4, -0.2) is 35.0 Å². The summed E-state index contributed by atoms with van der Waals surface area (Å²) in [7, 11) is 0. The van der Waals surface area contributed by atoms with Crippen LogP contribution in [0.25, 0.3) is 0 Å². The molecule has 4 nitrogen and oxygen atoms in total. The summed E-state index contributed by atoms with van der Waals surface area (Å²) in [5, 5.41) is 21.8. The predicted molar refractivity (Wildman–Crippen MR) is 84.4 cm³/mol. The lowest BCUT2D eigenvalue weighted by Crippen LogP contribution is -2.61. The van der Waals surface area contributed by atoms with E-state index in [4.69, 9.17) is 9.47 Å². The Kier molecular flexibility index (Phi) is 2.55. The first-order valence-corrected chi connectivity index (χ1v) is 10.4. The van der Waals surface area contributed by atoms with Crippen LogP contribution >= 0.6 is 0 Å². The molecule has 0 unspecified atom stereocenters. The largest absolute Gasteiger partial charge is 0.368 e. The summed E-state index contributed by atoms with van der Waals surface area (Å²) in [6, 6.07) is 0. The highest BCUT2D eigenvalue weighted by Gasteiger charge is 2.71. The number of fused-ring (bicyclic) bond motifs is 2. The molecule has 0 radical (unpaired) electrons. The molecule has 2 aliphatic heterocycles. The molecule has 7 aliphatic rings. The lowest BCUT2D eigenvalue weighted by molar-refractivity contribution is -0.317. The normalized spacial score (nSPS) is 71.2. The maximum atomic E-state index is 10.9. The number of aliphatic hydroxyl groups excluding tert-OH is 2. The molecule has 24 heavy (non-hydrogen) atoms. The zero-order valence-electron chi connectivity index (χ0n) is 14.0. The summed E-state index contributed by atoms with van der Waals surface area (Å²) < 4.78 is 12.2. The SMILES string of the molecule is O[C@@H]1O[C@@H]2CC[C@@H]3C[C@@H]4[C@@H]5C[C@H]6CC[C@H]7O[C@@H](O)[C@@H]([C@H]5[C@@H]67)[C@H]1[C@@H]4[C@@H]32. The number of hydrogen-bond donors (Lipinski definition) is 2. The Bertz CT molecular complexity index is 530. The fourth-order valence-electron chi connectivity index (χ4n) is 9.53. The van der Waals surface area contributed by atoms with Gasteiger partial charge in [0.05, 0.1) is 12.2 Å². The van der Waals surface area contributed by atoms with Crippen LogP contribution in [0.2, 0.25) is 0 Å². The molecule has 0 amide bonds. The van der Waals surface area contributed by atoms with Gasteiger partial charge in [0.2, 0.25) is 0 Å². The second-order valence-electron chi connectivity index (χ2n) is 10.1. The highest BCUT2D eigenvalue weighted by atomic mass is 16.6. The van der Waals surface area contributed by atoms with Crippen molar-refractivity contribution >= 4 is 0 Å². The third-order valence-corrected chi connectivity index (χ3v) is 9.79. The lowest BCUT2D eigenvalue weighted by atomic mass is 9.53. The zero-order valence-corrected chi connectivity index (χ0v) is 14.0. The Balaban J connectivity index is 1.38. The Labute approximate surface area is 142 Å². The molecule has 0 spiro atoms. The van der Waals surface area contributed by atoms with Gasteiger partial charge in [-0.2, -0.15) is 0 Å². The van der Waals surface area contributed by atoms with Crippen molar-refractivity contribution in [3.63, 3.8) is 0 Å². The van der Waals surface area contributed by atoms with Gasteiger partial charge in [-0.15, -0.1) is 0 Å². The van der Waals surface area contributed by atoms with Crippen LogP contribution in [0.4, 0.5) is 0 Å². The van der Waals surface area contributed by atoms with Crippen molar-refractivity contribution in [1.29, 1.82) is 0 Å². The molecular weight excluding hydrogens is 304 g/mol. The van der Waals surface area contributed by atoms with Gasteiger partial charge in [-0.05, 0) is 85.9 Å². The van der Waals surface area contributed by atoms with Crippen LogP contribution in [0.3, 0.4) is 0 Å². The van der Waals surface area contributed by atoms with E-state index in [1.807, 2.05) is 0 Å². The van der Waals surface area contributed by atoms with Crippen LogP contribution in [0, 0.1) is 59.2 Å². The maximum absolute atomic E-state index is 10.9.